The van der Waals surface area contributed by atoms with Crippen molar-refractivity contribution in [2.45, 2.75) is 26.3 Å². The van der Waals surface area contributed by atoms with Crippen molar-refractivity contribution in [2.24, 2.45) is 0 Å². The second-order valence-electron chi connectivity index (χ2n) is 4.00. The van der Waals surface area contributed by atoms with Crippen molar-refractivity contribution in [1.29, 1.82) is 0 Å². The van der Waals surface area contributed by atoms with E-state index in [1.165, 1.54) is 6.33 Å². The zero-order valence-electron chi connectivity index (χ0n) is 9.84. The average Bonchev–Trinajstić information content (AvgIpc) is 2.78. The second kappa shape index (κ2) is 5.09. The molecule has 0 aliphatic carbocycles. The zero-order chi connectivity index (χ0) is 12.3. The summed E-state index contributed by atoms with van der Waals surface area (Å²) < 4.78 is 0. The van der Waals surface area contributed by atoms with E-state index in [9.17, 15) is 0 Å². The van der Waals surface area contributed by atoms with Crippen molar-refractivity contribution in [3.63, 3.8) is 0 Å². The Morgan fingerprint density at radius 1 is 1.41 bits per heavy atom. The first kappa shape index (κ1) is 11.8. The fraction of sp³-hybridized carbons (Fsp3) is 0.364. The highest BCUT2D eigenvalue weighted by Gasteiger charge is 2.12. The Kier molecular flexibility index (Phi) is 3.53. The van der Waals surface area contributed by atoms with E-state index in [0.29, 0.717) is 18.3 Å². The lowest BCUT2D eigenvalue weighted by molar-refractivity contribution is 0.850. The molecule has 0 saturated heterocycles. The maximum absolute atomic E-state index is 5.87. The Labute approximate surface area is 104 Å². The third-order valence-corrected chi connectivity index (χ3v) is 3.19. The van der Waals surface area contributed by atoms with Crippen LogP contribution in [-0.2, 0) is 6.54 Å². The molecule has 0 aliphatic heterocycles. The van der Waals surface area contributed by atoms with Gasteiger partial charge in [0, 0.05) is 16.6 Å². The van der Waals surface area contributed by atoms with E-state index in [1.54, 1.807) is 11.3 Å². The van der Waals surface area contributed by atoms with Crippen LogP contribution in [0.4, 0.5) is 11.6 Å². The molecule has 0 aliphatic rings. The van der Waals surface area contributed by atoms with Gasteiger partial charge >= 0.3 is 0 Å². The van der Waals surface area contributed by atoms with Gasteiger partial charge in [-0.1, -0.05) is 13.8 Å². The number of nitrogens with two attached hydrogens (primary N) is 1. The van der Waals surface area contributed by atoms with Crippen molar-refractivity contribution in [3.05, 3.63) is 28.5 Å². The van der Waals surface area contributed by atoms with Crippen molar-refractivity contribution < 1.29 is 0 Å². The minimum absolute atomic E-state index is 0.292. The Balaban J connectivity index is 2.18. The molecule has 2 rings (SSSR count). The molecule has 0 unspecified atom stereocenters. The van der Waals surface area contributed by atoms with Crippen LogP contribution in [0.15, 0.2) is 18.0 Å². The lowest BCUT2D eigenvalue weighted by Crippen LogP contribution is -2.08. The normalized spacial score (nSPS) is 10.8. The fourth-order valence-corrected chi connectivity index (χ4v) is 2.15. The molecule has 17 heavy (non-hydrogen) atoms. The third-order valence-electron chi connectivity index (χ3n) is 2.41. The van der Waals surface area contributed by atoms with E-state index >= 15 is 0 Å². The third kappa shape index (κ3) is 2.71. The molecule has 0 saturated carbocycles. The second-order valence-corrected chi connectivity index (χ2v) is 4.97. The van der Waals surface area contributed by atoms with Gasteiger partial charge in [0.2, 0.25) is 0 Å². The number of anilines is 2. The van der Waals surface area contributed by atoms with Crippen LogP contribution < -0.4 is 11.1 Å². The van der Waals surface area contributed by atoms with Crippen molar-refractivity contribution in [3.8, 4) is 0 Å². The number of rotatable bonds is 4. The molecule has 5 nitrogen and oxygen atoms in total. The molecule has 0 bridgehead atoms. The Morgan fingerprint density at radius 2 is 2.24 bits per heavy atom. The predicted octanol–water partition coefficient (Wildman–Crippen LogP) is 2.25. The Hall–Kier alpha value is -1.69. The van der Waals surface area contributed by atoms with Crippen LogP contribution in [0.3, 0.4) is 0 Å². The first-order valence-electron chi connectivity index (χ1n) is 5.40. The van der Waals surface area contributed by atoms with E-state index in [0.717, 1.165) is 16.3 Å². The molecule has 0 spiro atoms. The largest absolute Gasteiger partial charge is 0.383 e. The molecule has 3 N–H and O–H groups in total. The lowest BCUT2D eigenvalue weighted by atomic mass is 10.0. The number of aromatic nitrogens is 3. The number of nitrogen functional groups attached to an aromatic ring is 1. The van der Waals surface area contributed by atoms with Crippen LogP contribution in [0.2, 0.25) is 0 Å². The number of hydrogen-bond donors (Lipinski definition) is 2. The molecule has 0 atom stereocenters. The first-order chi connectivity index (χ1) is 8.18. The number of nitrogens with zero attached hydrogens (tertiary/aromatic N) is 3. The van der Waals surface area contributed by atoms with Gasteiger partial charge in [0.05, 0.1) is 12.1 Å². The highest BCUT2D eigenvalue weighted by atomic mass is 32.1. The summed E-state index contributed by atoms with van der Waals surface area (Å²) >= 11 is 1.61. The Bertz CT molecular complexity index is 481. The van der Waals surface area contributed by atoms with Crippen LogP contribution in [0, 0.1) is 0 Å². The number of thiazole rings is 1. The van der Waals surface area contributed by atoms with Crippen molar-refractivity contribution in [2.75, 3.05) is 11.1 Å². The lowest BCUT2D eigenvalue weighted by Gasteiger charge is -2.14. The summed E-state index contributed by atoms with van der Waals surface area (Å²) in [5.41, 5.74) is 8.65. The summed E-state index contributed by atoms with van der Waals surface area (Å²) in [7, 11) is 0. The molecular weight excluding hydrogens is 234 g/mol. The first-order valence-corrected chi connectivity index (χ1v) is 6.28. The zero-order valence-corrected chi connectivity index (χ0v) is 10.7. The maximum atomic E-state index is 5.87. The molecular formula is C11H15N5S. The van der Waals surface area contributed by atoms with Gasteiger partial charge in [-0.25, -0.2) is 9.97 Å². The van der Waals surface area contributed by atoms with Crippen LogP contribution in [0.1, 0.15) is 30.2 Å². The molecule has 0 amide bonds. The van der Waals surface area contributed by atoms with Gasteiger partial charge in [-0.2, -0.15) is 0 Å². The van der Waals surface area contributed by atoms with E-state index in [4.69, 9.17) is 5.73 Å². The van der Waals surface area contributed by atoms with Crippen LogP contribution in [0.5, 0.6) is 0 Å². The van der Waals surface area contributed by atoms with Gasteiger partial charge in [-0.05, 0) is 5.92 Å². The number of hydrogen-bond acceptors (Lipinski definition) is 6. The highest BCUT2D eigenvalue weighted by Crippen LogP contribution is 2.26. The van der Waals surface area contributed by atoms with Gasteiger partial charge < -0.3 is 11.1 Å². The smallest absolute Gasteiger partial charge is 0.135 e. The van der Waals surface area contributed by atoms with Gasteiger partial charge in [0.15, 0.2) is 0 Å². The minimum atomic E-state index is 0.292. The average molecular weight is 249 g/mol. The monoisotopic (exact) mass is 249 g/mol. The maximum Gasteiger partial charge on any atom is 0.135 e. The van der Waals surface area contributed by atoms with Crippen molar-refractivity contribution >= 4 is 23.0 Å². The molecule has 0 aromatic carbocycles. The predicted molar refractivity (Wildman–Crippen MR) is 70.0 cm³/mol. The Morgan fingerprint density at radius 3 is 2.88 bits per heavy atom. The van der Waals surface area contributed by atoms with Gasteiger partial charge in [-0.15, -0.1) is 11.3 Å². The SMILES string of the molecule is CC(C)c1c(N)ncnc1NCc1cncs1. The van der Waals surface area contributed by atoms with Crippen LogP contribution in [-0.4, -0.2) is 15.0 Å². The molecule has 2 aromatic rings. The standard InChI is InChI=1S/C11H15N5S/c1-7(2)9-10(12)15-5-16-11(9)14-4-8-3-13-6-17-8/h3,5-7H,4H2,1-2H3,(H3,12,14,15,16). The molecule has 6 heteroatoms. The van der Waals surface area contributed by atoms with Gasteiger partial charge in [-0.3, -0.25) is 4.98 Å². The summed E-state index contributed by atoms with van der Waals surface area (Å²) in [6.07, 6.45) is 3.33. The highest BCUT2D eigenvalue weighted by molar-refractivity contribution is 7.09. The molecule has 0 fully saturated rings. The summed E-state index contributed by atoms with van der Waals surface area (Å²) in [6.45, 7) is 4.86. The van der Waals surface area contributed by atoms with Gasteiger partial charge in [0.25, 0.3) is 0 Å². The molecule has 0 radical (unpaired) electrons. The van der Waals surface area contributed by atoms with Crippen LogP contribution >= 0.6 is 11.3 Å². The summed E-state index contributed by atoms with van der Waals surface area (Å²) in [4.78, 5) is 13.5. The summed E-state index contributed by atoms with van der Waals surface area (Å²) in [5.74, 6) is 1.64. The fourth-order valence-electron chi connectivity index (χ4n) is 1.62. The molecule has 90 valence electrons. The molecule has 2 aromatic heterocycles. The van der Waals surface area contributed by atoms with Gasteiger partial charge in [0.1, 0.15) is 18.0 Å². The minimum Gasteiger partial charge on any atom is -0.383 e. The van der Waals surface area contributed by atoms with E-state index in [-0.39, 0.29) is 0 Å². The van der Waals surface area contributed by atoms with Crippen molar-refractivity contribution in [1.82, 2.24) is 15.0 Å². The number of nitrogens with one attached hydrogen (secondary N) is 1. The topological polar surface area (TPSA) is 76.7 Å². The summed E-state index contributed by atoms with van der Waals surface area (Å²) in [5, 5.41) is 3.28. The van der Waals surface area contributed by atoms with Crippen LogP contribution in [0.25, 0.3) is 0 Å². The summed E-state index contributed by atoms with van der Waals surface area (Å²) in [6, 6.07) is 0. The van der Waals surface area contributed by atoms with E-state index in [1.807, 2.05) is 11.7 Å². The van der Waals surface area contributed by atoms with E-state index < -0.39 is 0 Å². The van der Waals surface area contributed by atoms with E-state index in [2.05, 4.69) is 34.1 Å². The quantitative estimate of drug-likeness (QED) is 0.869. The molecule has 2 heterocycles.